The Morgan fingerprint density at radius 3 is 2.83 bits per heavy atom. The average molecular weight is 354 g/mol. The molecule has 2 saturated heterocycles. The Morgan fingerprint density at radius 1 is 1.42 bits per heavy atom. The molecule has 2 atom stereocenters. The van der Waals surface area contributed by atoms with Crippen LogP contribution in [0.25, 0.3) is 0 Å². The van der Waals surface area contributed by atoms with E-state index in [9.17, 15) is 18.3 Å². The summed E-state index contributed by atoms with van der Waals surface area (Å²) in [5.41, 5.74) is -1.10. The van der Waals surface area contributed by atoms with Gasteiger partial charge in [-0.2, -0.15) is 4.31 Å². The Balaban J connectivity index is 1.96. The molecule has 3 rings (SSSR count). The number of carboxylic acid groups (broad SMARTS) is 1. The maximum atomic E-state index is 12.4. The highest BCUT2D eigenvalue weighted by atomic mass is 32.2. The molecule has 3 heterocycles. The van der Waals surface area contributed by atoms with E-state index in [4.69, 9.17) is 0 Å². The predicted octanol–water partition coefficient (Wildman–Crippen LogP) is 0.572. The zero-order valence-electron chi connectivity index (χ0n) is 13.6. The summed E-state index contributed by atoms with van der Waals surface area (Å²) in [5.74, 6) is -0.309. The number of hydrogen-bond acceptors (Lipinski definition) is 6. The largest absolute Gasteiger partial charge is 0.481 e. The minimum atomic E-state index is -3.42. The average Bonchev–Trinajstić information content (AvgIpc) is 2.61. The standard InChI is InChI=1S/C15H22N4O4S/c1-2-24(22,23)19-8-3-5-15(14(20)21)11-18(9-4-12(15)19)13-10-16-6-7-17-13/h6-7,10,12H,2-5,8-9,11H2,1H3,(H,20,21)/t12-,15+/m1/s1. The molecule has 8 nitrogen and oxygen atoms in total. The molecule has 0 saturated carbocycles. The van der Waals surface area contributed by atoms with Crippen LogP contribution in [0.5, 0.6) is 0 Å². The second-order valence-electron chi connectivity index (χ2n) is 6.37. The van der Waals surface area contributed by atoms with Gasteiger partial charge in [-0.3, -0.25) is 9.78 Å². The van der Waals surface area contributed by atoms with Gasteiger partial charge in [-0.15, -0.1) is 0 Å². The molecule has 0 bridgehead atoms. The van der Waals surface area contributed by atoms with Gasteiger partial charge in [0.25, 0.3) is 0 Å². The summed E-state index contributed by atoms with van der Waals surface area (Å²) < 4.78 is 26.3. The summed E-state index contributed by atoms with van der Waals surface area (Å²) >= 11 is 0. The quantitative estimate of drug-likeness (QED) is 0.843. The van der Waals surface area contributed by atoms with E-state index in [-0.39, 0.29) is 12.3 Å². The normalized spacial score (nSPS) is 28.4. The van der Waals surface area contributed by atoms with E-state index < -0.39 is 27.4 Å². The lowest BCUT2D eigenvalue weighted by molar-refractivity contribution is -0.155. The third kappa shape index (κ3) is 2.75. The number of aliphatic carboxylic acids is 1. The fourth-order valence-electron chi connectivity index (χ4n) is 3.92. The highest BCUT2D eigenvalue weighted by molar-refractivity contribution is 7.89. The van der Waals surface area contributed by atoms with Crippen LogP contribution in [0.3, 0.4) is 0 Å². The zero-order chi connectivity index (χ0) is 17.4. The fourth-order valence-corrected chi connectivity index (χ4v) is 5.35. The Hall–Kier alpha value is -1.74. The van der Waals surface area contributed by atoms with Crippen LogP contribution in [-0.2, 0) is 14.8 Å². The van der Waals surface area contributed by atoms with Crippen molar-refractivity contribution in [1.29, 1.82) is 0 Å². The molecule has 132 valence electrons. The zero-order valence-corrected chi connectivity index (χ0v) is 14.4. The first-order valence-electron chi connectivity index (χ1n) is 8.14. The maximum Gasteiger partial charge on any atom is 0.313 e. The van der Waals surface area contributed by atoms with Crippen molar-refractivity contribution >= 4 is 21.8 Å². The number of nitrogens with zero attached hydrogens (tertiary/aromatic N) is 4. The van der Waals surface area contributed by atoms with Gasteiger partial charge in [-0.1, -0.05) is 0 Å². The van der Waals surface area contributed by atoms with Gasteiger partial charge in [-0.25, -0.2) is 13.4 Å². The highest BCUT2D eigenvalue weighted by Crippen LogP contribution is 2.43. The summed E-state index contributed by atoms with van der Waals surface area (Å²) in [4.78, 5) is 22.4. The lowest BCUT2D eigenvalue weighted by Gasteiger charge is -2.52. The van der Waals surface area contributed by atoms with Crippen molar-refractivity contribution in [1.82, 2.24) is 14.3 Å². The van der Waals surface area contributed by atoms with Crippen LogP contribution < -0.4 is 4.90 Å². The number of hydrogen-bond donors (Lipinski definition) is 1. The van der Waals surface area contributed by atoms with E-state index in [2.05, 4.69) is 9.97 Å². The molecule has 24 heavy (non-hydrogen) atoms. The summed E-state index contributed by atoms with van der Waals surface area (Å²) in [7, 11) is -3.42. The Morgan fingerprint density at radius 2 is 2.21 bits per heavy atom. The fraction of sp³-hybridized carbons (Fsp3) is 0.667. The lowest BCUT2D eigenvalue weighted by Crippen LogP contribution is -2.65. The first-order valence-corrected chi connectivity index (χ1v) is 9.75. The summed E-state index contributed by atoms with van der Waals surface area (Å²) in [6, 6.07) is -0.498. The molecular weight excluding hydrogens is 332 g/mol. The van der Waals surface area contributed by atoms with Crippen LogP contribution in [0.1, 0.15) is 26.2 Å². The molecule has 0 amide bonds. The second kappa shape index (κ2) is 6.29. The molecule has 2 aliphatic heterocycles. The van der Waals surface area contributed by atoms with Crippen LogP contribution in [0.2, 0.25) is 0 Å². The van der Waals surface area contributed by atoms with E-state index in [1.807, 2.05) is 4.90 Å². The third-order valence-corrected chi connectivity index (χ3v) is 7.04. The Bertz CT molecular complexity index is 711. The van der Waals surface area contributed by atoms with E-state index in [0.717, 1.165) is 0 Å². The molecule has 0 aromatic carbocycles. The number of piperidine rings is 2. The summed E-state index contributed by atoms with van der Waals surface area (Å²) in [6.45, 7) is 2.82. The van der Waals surface area contributed by atoms with Crippen LogP contribution in [-0.4, -0.2) is 65.2 Å². The van der Waals surface area contributed by atoms with Gasteiger partial charge in [0.1, 0.15) is 11.2 Å². The molecule has 2 aliphatic rings. The van der Waals surface area contributed by atoms with Gasteiger partial charge in [0.2, 0.25) is 10.0 Å². The SMILES string of the molecule is CCS(=O)(=O)N1CCC[C@]2(C(=O)O)CN(c3cnccn3)CC[C@@H]12. The second-order valence-corrected chi connectivity index (χ2v) is 8.58. The van der Waals surface area contributed by atoms with Crippen molar-refractivity contribution in [2.24, 2.45) is 5.41 Å². The van der Waals surface area contributed by atoms with Gasteiger partial charge in [0.05, 0.1) is 11.9 Å². The summed E-state index contributed by atoms with van der Waals surface area (Å²) in [5, 5.41) is 9.96. The number of carboxylic acids is 1. The van der Waals surface area contributed by atoms with Gasteiger partial charge in [0.15, 0.2) is 0 Å². The lowest BCUT2D eigenvalue weighted by atomic mass is 9.70. The van der Waals surface area contributed by atoms with Crippen LogP contribution in [0, 0.1) is 5.41 Å². The van der Waals surface area contributed by atoms with Crippen molar-refractivity contribution < 1.29 is 18.3 Å². The third-order valence-electron chi connectivity index (χ3n) is 5.15. The number of sulfonamides is 1. The summed E-state index contributed by atoms with van der Waals surface area (Å²) in [6.07, 6.45) is 6.25. The molecular formula is C15H22N4O4S. The van der Waals surface area contributed by atoms with Crippen LogP contribution >= 0.6 is 0 Å². The highest BCUT2D eigenvalue weighted by Gasteiger charge is 2.55. The van der Waals surface area contributed by atoms with E-state index in [1.165, 1.54) is 4.31 Å². The van der Waals surface area contributed by atoms with Gasteiger partial charge < -0.3 is 10.0 Å². The van der Waals surface area contributed by atoms with Gasteiger partial charge in [0, 0.05) is 38.1 Å². The topological polar surface area (TPSA) is 104 Å². The van der Waals surface area contributed by atoms with Crippen molar-refractivity contribution in [3.05, 3.63) is 18.6 Å². The van der Waals surface area contributed by atoms with Crippen molar-refractivity contribution in [3.63, 3.8) is 0 Å². The van der Waals surface area contributed by atoms with E-state index in [0.29, 0.717) is 38.2 Å². The molecule has 9 heteroatoms. The number of fused-ring (bicyclic) bond motifs is 1. The molecule has 0 unspecified atom stereocenters. The van der Waals surface area contributed by atoms with Crippen molar-refractivity contribution in [2.45, 2.75) is 32.2 Å². The predicted molar refractivity (Wildman–Crippen MR) is 88.1 cm³/mol. The number of anilines is 1. The molecule has 0 radical (unpaired) electrons. The minimum Gasteiger partial charge on any atom is -0.481 e. The number of rotatable bonds is 4. The number of aromatic nitrogens is 2. The minimum absolute atomic E-state index is 0.00687. The first kappa shape index (κ1) is 17.1. The van der Waals surface area contributed by atoms with Crippen LogP contribution in [0.4, 0.5) is 5.82 Å². The first-order chi connectivity index (χ1) is 11.4. The smallest absolute Gasteiger partial charge is 0.313 e. The molecule has 1 aromatic heterocycles. The molecule has 1 aromatic rings. The van der Waals surface area contributed by atoms with E-state index >= 15 is 0 Å². The molecule has 1 N–H and O–H groups in total. The maximum absolute atomic E-state index is 12.4. The van der Waals surface area contributed by atoms with Gasteiger partial charge >= 0.3 is 5.97 Å². The number of carbonyl (C=O) groups is 1. The van der Waals surface area contributed by atoms with Crippen molar-refractivity contribution in [3.8, 4) is 0 Å². The molecule has 0 spiro atoms. The Labute approximate surface area is 141 Å². The van der Waals surface area contributed by atoms with Crippen LogP contribution in [0.15, 0.2) is 18.6 Å². The van der Waals surface area contributed by atoms with E-state index in [1.54, 1.807) is 25.5 Å². The van der Waals surface area contributed by atoms with Gasteiger partial charge in [-0.05, 0) is 26.2 Å². The van der Waals surface area contributed by atoms with Crippen molar-refractivity contribution in [2.75, 3.05) is 30.3 Å². The molecule has 2 fully saturated rings. The Kier molecular flexibility index (Phi) is 4.48. The molecule has 0 aliphatic carbocycles. The monoisotopic (exact) mass is 354 g/mol.